The molecule has 1 N–H and O–H groups in total. The van der Waals surface area contributed by atoms with Crippen LogP contribution in [0.15, 0.2) is 18.2 Å². The maximum absolute atomic E-state index is 13.1. The fourth-order valence-electron chi connectivity index (χ4n) is 1.83. The minimum Gasteiger partial charge on any atom is -0.481 e. The number of rotatable bonds is 3. The quantitative estimate of drug-likeness (QED) is 0.846. The fourth-order valence-corrected chi connectivity index (χ4v) is 1.83. The Bertz CT molecular complexity index is 452. The molecule has 6 heteroatoms. The average molecular weight is 264 g/mol. The van der Waals surface area contributed by atoms with Crippen LogP contribution < -0.4 is 0 Å². The third kappa shape index (κ3) is 3.00. The number of carboxylic acid groups (broad SMARTS) is 1. The van der Waals surface area contributed by atoms with Crippen molar-refractivity contribution in [2.24, 2.45) is 5.92 Å². The van der Waals surface area contributed by atoms with Crippen LogP contribution in [0.4, 0.5) is 17.6 Å². The summed E-state index contributed by atoms with van der Waals surface area (Å²) in [5.41, 5.74) is -1.64. The summed E-state index contributed by atoms with van der Waals surface area (Å²) in [6, 6.07) is 1.89. The first-order valence-electron chi connectivity index (χ1n) is 5.24. The predicted molar refractivity (Wildman–Crippen MR) is 56.6 cm³/mol. The molecule has 0 aromatic heterocycles. The number of halogens is 4. The minimum atomic E-state index is -4.70. The smallest absolute Gasteiger partial charge is 0.416 e. The molecule has 0 heterocycles. The van der Waals surface area contributed by atoms with Gasteiger partial charge in [-0.1, -0.05) is 13.8 Å². The van der Waals surface area contributed by atoms with E-state index in [-0.39, 0.29) is 0 Å². The first kappa shape index (κ1) is 14.5. The van der Waals surface area contributed by atoms with Crippen molar-refractivity contribution >= 4 is 5.97 Å². The van der Waals surface area contributed by atoms with Gasteiger partial charge < -0.3 is 5.11 Å². The highest BCUT2D eigenvalue weighted by molar-refractivity contribution is 5.77. The molecule has 1 unspecified atom stereocenters. The molecule has 0 fully saturated rings. The van der Waals surface area contributed by atoms with E-state index in [0.717, 1.165) is 0 Å². The summed E-state index contributed by atoms with van der Waals surface area (Å²) in [6.45, 7) is 2.95. The SMILES string of the molecule is CC(C)C(C(=O)O)c1cc(F)ccc1C(F)(F)F. The molecule has 1 atom stereocenters. The number of alkyl halides is 3. The largest absolute Gasteiger partial charge is 0.481 e. The lowest BCUT2D eigenvalue weighted by molar-refractivity contribution is -0.142. The number of hydrogen-bond donors (Lipinski definition) is 1. The first-order valence-corrected chi connectivity index (χ1v) is 5.24. The Balaban J connectivity index is 3.45. The average Bonchev–Trinajstić information content (AvgIpc) is 2.13. The van der Waals surface area contributed by atoms with E-state index in [9.17, 15) is 22.4 Å². The van der Waals surface area contributed by atoms with Crippen molar-refractivity contribution in [3.8, 4) is 0 Å². The molecule has 0 spiro atoms. The van der Waals surface area contributed by atoms with Crippen molar-refractivity contribution in [1.82, 2.24) is 0 Å². The maximum Gasteiger partial charge on any atom is 0.416 e. The third-order valence-corrected chi connectivity index (χ3v) is 2.59. The van der Waals surface area contributed by atoms with E-state index < -0.39 is 40.9 Å². The van der Waals surface area contributed by atoms with Crippen LogP contribution in [0, 0.1) is 11.7 Å². The summed E-state index contributed by atoms with van der Waals surface area (Å²) in [5.74, 6) is -4.26. The molecular weight excluding hydrogens is 252 g/mol. The highest BCUT2D eigenvalue weighted by Crippen LogP contribution is 2.38. The van der Waals surface area contributed by atoms with E-state index in [0.29, 0.717) is 18.2 Å². The Kier molecular flexibility index (Phi) is 3.98. The molecule has 1 aromatic rings. The van der Waals surface area contributed by atoms with Gasteiger partial charge in [0.05, 0.1) is 11.5 Å². The molecule has 0 amide bonds. The van der Waals surface area contributed by atoms with Gasteiger partial charge in [0.25, 0.3) is 0 Å². The van der Waals surface area contributed by atoms with Crippen LogP contribution in [0.25, 0.3) is 0 Å². The summed E-state index contributed by atoms with van der Waals surface area (Å²) in [4.78, 5) is 11.0. The molecule has 0 aliphatic rings. The summed E-state index contributed by atoms with van der Waals surface area (Å²) >= 11 is 0. The molecule has 1 rings (SSSR count). The van der Waals surface area contributed by atoms with Crippen molar-refractivity contribution in [1.29, 1.82) is 0 Å². The molecule has 0 saturated carbocycles. The van der Waals surface area contributed by atoms with Crippen LogP contribution in [0.1, 0.15) is 30.9 Å². The second-order valence-corrected chi connectivity index (χ2v) is 4.29. The second-order valence-electron chi connectivity index (χ2n) is 4.29. The number of carbonyl (C=O) groups is 1. The van der Waals surface area contributed by atoms with Crippen LogP contribution >= 0.6 is 0 Å². The molecular formula is C12H12F4O2. The van der Waals surface area contributed by atoms with Crippen molar-refractivity contribution in [2.45, 2.75) is 25.9 Å². The summed E-state index contributed by atoms with van der Waals surface area (Å²) in [7, 11) is 0. The van der Waals surface area contributed by atoms with Crippen LogP contribution in [0.5, 0.6) is 0 Å². The zero-order chi connectivity index (χ0) is 14.1. The molecule has 0 aliphatic heterocycles. The van der Waals surface area contributed by atoms with Gasteiger partial charge in [-0.25, -0.2) is 4.39 Å². The zero-order valence-corrected chi connectivity index (χ0v) is 9.75. The van der Waals surface area contributed by atoms with Gasteiger partial charge >= 0.3 is 12.1 Å². The number of carboxylic acids is 1. The lowest BCUT2D eigenvalue weighted by Gasteiger charge is -2.21. The van der Waals surface area contributed by atoms with Gasteiger partial charge in [-0.2, -0.15) is 13.2 Å². The van der Waals surface area contributed by atoms with E-state index in [1.54, 1.807) is 0 Å². The normalized spacial score (nSPS) is 13.7. The van der Waals surface area contributed by atoms with Gasteiger partial charge in [0.1, 0.15) is 5.82 Å². The molecule has 1 aromatic carbocycles. The Hall–Kier alpha value is -1.59. The summed E-state index contributed by atoms with van der Waals surface area (Å²) in [6.07, 6.45) is -4.70. The van der Waals surface area contributed by atoms with Crippen LogP contribution in [0.2, 0.25) is 0 Å². The van der Waals surface area contributed by atoms with Gasteiger partial charge in [0, 0.05) is 0 Å². The highest BCUT2D eigenvalue weighted by Gasteiger charge is 2.38. The Labute approximate surface area is 101 Å². The van der Waals surface area contributed by atoms with E-state index in [2.05, 4.69) is 0 Å². The molecule has 0 aliphatic carbocycles. The van der Waals surface area contributed by atoms with Crippen molar-refractivity contribution < 1.29 is 27.5 Å². The summed E-state index contributed by atoms with van der Waals surface area (Å²) < 4.78 is 51.3. The lowest BCUT2D eigenvalue weighted by Crippen LogP contribution is -2.22. The van der Waals surface area contributed by atoms with E-state index in [1.807, 2.05) is 0 Å². The maximum atomic E-state index is 13.1. The van der Waals surface area contributed by atoms with Crippen LogP contribution in [0.3, 0.4) is 0 Å². The van der Waals surface area contributed by atoms with Gasteiger partial charge in [-0.05, 0) is 29.7 Å². The van der Waals surface area contributed by atoms with Crippen molar-refractivity contribution in [2.75, 3.05) is 0 Å². The minimum absolute atomic E-state index is 0.537. The number of benzene rings is 1. The van der Waals surface area contributed by atoms with Crippen LogP contribution in [-0.4, -0.2) is 11.1 Å². The Morgan fingerprint density at radius 1 is 1.28 bits per heavy atom. The molecule has 100 valence electrons. The Morgan fingerprint density at radius 2 is 1.83 bits per heavy atom. The van der Waals surface area contributed by atoms with Crippen LogP contribution in [-0.2, 0) is 11.0 Å². The third-order valence-electron chi connectivity index (χ3n) is 2.59. The topological polar surface area (TPSA) is 37.3 Å². The van der Waals surface area contributed by atoms with Gasteiger partial charge in [0.15, 0.2) is 0 Å². The predicted octanol–water partition coefficient (Wildman–Crippen LogP) is 3.67. The lowest BCUT2D eigenvalue weighted by atomic mass is 9.85. The Morgan fingerprint density at radius 3 is 2.22 bits per heavy atom. The van der Waals surface area contributed by atoms with Crippen molar-refractivity contribution in [3.63, 3.8) is 0 Å². The number of hydrogen-bond acceptors (Lipinski definition) is 1. The zero-order valence-electron chi connectivity index (χ0n) is 9.75. The van der Waals surface area contributed by atoms with E-state index >= 15 is 0 Å². The van der Waals surface area contributed by atoms with Gasteiger partial charge in [-0.15, -0.1) is 0 Å². The fraction of sp³-hybridized carbons (Fsp3) is 0.417. The number of aliphatic carboxylic acids is 1. The second kappa shape index (κ2) is 4.96. The monoisotopic (exact) mass is 264 g/mol. The van der Waals surface area contributed by atoms with E-state index in [1.165, 1.54) is 13.8 Å². The molecule has 18 heavy (non-hydrogen) atoms. The molecule has 2 nitrogen and oxygen atoms in total. The van der Waals surface area contributed by atoms with Gasteiger partial charge in [0.2, 0.25) is 0 Å². The van der Waals surface area contributed by atoms with E-state index in [4.69, 9.17) is 5.11 Å². The van der Waals surface area contributed by atoms with Crippen molar-refractivity contribution in [3.05, 3.63) is 35.1 Å². The first-order chi connectivity index (χ1) is 8.14. The molecule has 0 bridgehead atoms. The molecule has 0 radical (unpaired) electrons. The molecule has 0 saturated heterocycles. The summed E-state index contributed by atoms with van der Waals surface area (Å²) in [5, 5.41) is 8.99. The van der Waals surface area contributed by atoms with Gasteiger partial charge in [-0.3, -0.25) is 4.79 Å². The highest BCUT2D eigenvalue weighted by atomic mass is 19.4. The standard InChI is InChI=1S/C12H12F4O2/c1-6(2)10(11(17)18)8-5-7(13)3-4-9(8)12(14,15)16/h3-6,10H,1-2H3,(H,17,18).